The second-order valence-electron chi connectivity index (χ2n) is 7.04. The summed E-state index contributed by atoms with van der Waals surface area (Å²) in [4.78, 5) is 15.5. The number of amides is 1. The molecule has 0 unspecified atom stereocenters. The predicted molar refractivity (Wildman–Crippen MR) is 112 cm³/mol. The highest BCUT2D eigenvalue weighted by atomic mass is 32.1. The summed E-state index contributed by atoms with van der Waals surface area (Å²) < 4.78 is 5.21. The quantitative estimate of drug-likeness (QED) is 0.687. The largest absolute Gasteiger partial charge is 0.497 e. The zero-order valence-electron chi connectivity index (χ0n) is 16.1. The van der Waals surface area contributed by atoms with Crippen LogP contribution in [0.25, 0.3) is 11.3 Å². The molecule has 2 aromatic heterocycles. The van der Waals surface area contributed by atoms with Gasteiger partial charge in [0.2, 0.25) is 0 Å². The van der Waals surface area contributed by atoms with Gasteiger partial charge in [0.25, 0.3) is 5.91 Å². The number of aromatic amines is 1. The average Bonchev–Trinajstić information content (AvgIpc) is 3.38. The first-order valence-electron chi connectivity index (χ1n) is 9.44. The predicted octanol–water partition coefficient (Wildman–Crippen LogP) is 3.85. The molecule has 146 valence electrons. The Bertz CT molecular complexity index is 939. The lowest BCUT2D eigenvalue weighted by molar-refractivity contribution is 0.0934. The van der Waals surface area contributed by atoms with Crippen molar-refractivity contribution in [3.05, 3.63) is 52.2 Å². The van der Waals surface area contributed by atoms with E-state index in [4.69, 9.17) is 4.74 Å². The summed E-state index contributed by atoms with van der Waals surface area (Å²) in [6.45, 7) is 3.73. The third-order valence-electron chi connectivity index (χ3n) is 5.19. The molecule has 0 saturated carbocycles. The highest BCUT2D eigenvalue weighted by Gasteiger charge is 2.23. The summed E-state index contributed by atoms with van der Waals surface area (Å²) in [5.74, 6) is 1.84. The standard InChI is InChI=1S/C21H24N4O2S/c1-14-9-12-28-20(14)21(26)22-16-7-10-25(11-8-16)19-13-18(23-24-19)15-3-5-17(27-2)6-4-15/h3-6,9,12-13,16H,7-8,10-11H2,1-2H3,(H,22,26)(H,23,24). The number of aromatic nitrogens is 2. The Kier molecular flexibility index (Phi) is 5.34. The maximum absolute atomic E-state index is 12.4. The number of H-pyrrole nitrogens is 1. The van der Waals surface area contributed by atoms with Crippen molar-refractivity contribution in [2.75, 3.05) is 25.1 Å². The number of nitrogens with zero attached hydrogens (tertiary/aromatic N) is 2. The minimum absolute atomic E-state index is 0.0486. The summed E-state index contributed by atoms with van der Waals surface area (Å²) in [5.41, 5.74) is 3.11. The highest BCUT2D eigenvalue weighted by molar-refractivity contribution is 7.12. The van der Waals surface area contributed by atoms with Crippen molar-refractivity contribution >= 4 is 23.1 Å². The third-order valence-corrected chi connectivity index (χ3v) is 6.20. The second-order valence-corrected chi connectivity index (χ2v) is 7.95. The molecule has 1 amide bonds. The van der Waals surface area contributed by atoms with E-state index in [0.717, 1.165) is 59.2 Å². The van der Waals surface area contributed by atoms with Gasteiger partial charge in [-0.2, -0.15) is 5.10 Å². The molecular formula is C21H24N4O2S. The number of piperidine rings is 1. The lowest BCUT2D eigenvalue weighted by Crippen LogP contribution is -2.44. The van der Waals surface area contributed by atoms with Gasteiger partial charge in [-0.25, -0.2) is 0 Å². The van der Waals surface area contributed by atoms with Gasteiger partial charge in [-0.1, -0.05) is 0 Å². The zero-order chi connectivity index (χ0) is 19.5. The van der Waals surface area contributed by atoms with Crippen molar-refractivity contribution in [3.63, 3.8) is 0 Å². The first-order valence-corrected chi connectivity index (χ1v) is 10.3. The summed E-state index contributed by atoms with van der Waals surface area (Å²) in [6.07, 6.45) is 1.84. The molecule has 0 atom stereocenters. The molecule has 6 nitrogen and oxygen atoms in total. The number of rotatable bonds is 5. The van der Waals surface area contributed by atoms with Crippen molar-refractivity contribution < 1.29 is 9.53 Å². The Balaban J connectivity index is 1.34. The molecule has 1 aliphatic heterocycles. The topological polar surface area (TPSA) is 70.2 Å². The number of ether oxygens (including phenoxy) is 1. The first kappa shape index (κ1) is 18.6. The highest BCUT2D eigenvalue weighted by Crippen LogP contribution is 2.26. The van der Waals surface area contributed by atoms with E-state index in [1.165, 1.54) is 11.3 Å². The van der Waals surface area contributed by atoms with Crippen molar-refractivity contribution in [1.82, 2.24) is 15.5 Å². The molecule has 0 radical (unpaired) electrons. The van der Waals surface area contributed by atoms with Gasteiger partial charge in [-0.05, 0) is 66.6 Å². The average molecular weight is 397 g/mol. The van der Waals surface area contributed by atoms with Gasteiger partial charge >= 0.3 is 0 Å². The van der Waals surface area contributed by atoms with Crippen LogP contribution in [0.3, 0.4) is 0 Å². The van der Waals surface area contributed by atoms with E-state index in [2.05, 4.69) is 26.5 Å². The number of hydrogen-bond donors (Lipinski definition) is 2. The Labute approximate surface area is 168 Å². The summed E-state index contributed by atoms with van der Waals surface area (Å²) in [6, 6.07) is 12.2. The molecule has 1 aliphatic rings. The summed E-state index contributed by atoms with van der Waals surface area (Å²) in [5, 5.41) is 12.7. The van der Waals surface area contributed by atoms with Crippen LogP contribution in [0, 0.1) is 6.92 Å². The lowest BCUT2D eigenvalue weighted by atomic mass is 10.0. The number of thiophene rings is 1. The number of benzene rings is 1. The van der Waals surface area contributed by atoms with Gasteiger partial charge in [0.15, 0.2) is 5.82 Å². The molecule has 3 aromatic rings. The number of anilines is 1. The zero-order valence-corrected chi connectivity index (χ0v) is 16.9. The van der Waals surface area contributed by atoms with Crippen LogP contribution in [0.2, 0.25) is 0 Å². The first-order chi connectivity index (χ1) is 13.6. The number of carbonyl (C=O) groups is 1. The Morgan fingerprint density at radius 2 is 2.00 bits per heavy atom. The van der Waals surface area contributed by atoms with Gasteiger partial charge < -0.3 is 15.0 Å². The summed E-state index contributed by atoms with van der Waals surface area (Å²) >= 11 is 1.50. The Morgan fingerprint density at radius 3 is 2.64 bits per heavy atom. The van der Waals surface area contributed by atoms with Crippen LogP contribution in [0.5, 0.6) is 5.75 Å². The van der Waals surface area contributed by atoms with Crippen LogP contribution in [0.15, 0.2) is 41.8 Å². The number of hydrogen-bond acceptors (Lipinski definition) is 5. The number of methoxy groups -OCH3 is 1. The molecule has 0 aliphatic carbocycles. The summed E-state index contributed by atoms with van der Waals surface area (Å²) in [7, 11) is 1.66. The van der Waals surface area contributed by atoms with Crippen LogP contribution in [0.4, 0.5) is 5.82 Å². The van der Waals surface area contributed by atoms with E-state index < -0.39 is 0 Å². The van der Waals surface area contributed by atoms with Gasteiger partial charge in [0.05, 0.1) is 17.7 Å². The van der Waals surface area contributed by atoms with Crippen LogP contribution in [-0.4, -0.2) is 42.3 Å². The van der Waals surface area contributed by atoms with E-state index in [0.29, 0.717) is 0 Å². The molecule has 1 saturated heterocycles. The number of nitrogens with one attached hydrogen (secondary N) is 2. The molecule has 3 heterocycles. The molecule has 7 heteroatoms. The smallest absolute Gasteiger partial charge is 0.261 e. The van der Waals surface area contributed by atoms with E-state index in [9.17, 15) is 4.79 Å². The molecule has 4 rings (SSSR count). The molecule has 0 spiro atoms. The molecule has 1 aromatic carbocycles. The fourth-order valence-corrected chi connectivity index (χ4v) is 4.33. The van der Waals surface area contributed by atoms with Gasteiger partial charge in [-0.15, -0.1) is 11.3 Å². The third kappa shape index (κ3) is 3.89. The van der Waals surface area contributed by atoms with Gasteiger partial charge in [0.1, 0.15) is 5.75 Å². The van der Waals surface area contributed by atoms with Crippen LogP contribution < -0.4 is 15.0 Å². The number of aryl methyl sites for hydroxylation is 1. The van der Waals surface area contributed by atoms with Crippen molar-refractivity contribution in [2.24, 2.45) is 0 Å². The fraction of sp³-hybridized carbons (Fsp3) is 0.333. The SMILES string of the molecule is COc1ccc(-c2cc(N3CCC(NC(=O)c4sccc4C)CC3)n[nH]2)cc1. The minimum atomic E-state index is 0.0486. The lowest BCUT2D eigenvalue weighted by Gasteiger charge is -2.32. The molecular weight excluding hydrogens is 372 g/mol. The van der Waals surface area contributed by atoms with Crippen LogP contribution in [0.1, 0.15) is 28.1 Å². The van der Waals surface area contributed by atoms with E-state index in [1.807, 2.05) is 42.6 Å². The van der Waals surface area contributed by atoms with Gasteiger partial charge in [0, 0.05) is 25.2 Å². The van der Waals surface area contributed by atoms with Gasteiger partial charge in [-0.3, -0.25) is 9.89 Å². The van der Waals surface area contributed by atoms with Crippen molar-refractivity contribution in [1.29, 1.82) is 0 Å². The monoisotopic (exact) mass is 396 g/mol. The van der Waals surface area contributed by atoms with E-state index in [-0.39, 0.29) is 11.9 Å². The molecule has 1 fully saturated rings. The van der Waals surface area contributed by atoms with Crippen LogP contribution >= 0.6 is 11.3 Å². The van der Waals surface area contributed by atoms with E-state index >= 15 is 0 Å². The van der Waals surface area contributed by atoms with Crippen molar-refractivity contribution in [3.8, 4) is 17.0 Å². The normalized spacial score (nSPS) is 14.9. The molecule has 0 bridgehead atoms. The minimum Gasteiger partial charge on any atom is -0.497 e. The second kappa shape index (κ2) is 8.06. The van der Waals surface area contributed by atoms with Crippen LogP contribution in [-0.2, 0) is 0 Å². The maximum Gasteiger partial charge on any atom is 0.261 e. The molecule has 28 heavy (non-hydrogen) atoms. The van der Waals surface area contributed by atoms with Crippen molar-refractivity contribution in [2.45, 2.75) is 25.8 Å². The number of carbonyl (C=O) groups excluding carboxylic acids is 1. The molecule has 2 N–H and O–H groups in total. The van der Waals surface area contributed by atoms with E-state index in [1.54, 1.807) is 7.11 Å². The maximum atomic E-state index is 12.4. The Hall–Kier alpha value is -2.80. The Morgan fingerprint density at radius 1 is 1.25 bits per heavy atom. The fourth-order valence-electron chi connectivity index (χ4n) is 3.50.